The molecule has 1 aromatic carbocycles. The van der Waals surface area contributed by atoms with Gasteiger partial charge < -0.3 is 15.3 Å². The summed E-state index contributed by atoms with van der Waals surface area (Å²) in [7, 11) is 0. The third-order valence-corrected chi connectivity index (χ3v) is 5.71. The zero-order valence-corrected chi connectivity index (χ0v) is 17.5. The van der Waals surface area contributed by atoms with E-state index in [4.69, 9.17) is 28.4 Å². The molecule has 29 heavy (non-hydrogen) atoms. The van der Waals surface area contributed by atoms with Crippen LogP contribution in [0.4, 0.5) is 5.69 Å². The average Bonchev–Trinajstić information content (AvgIpc) is 3.20. The third-order valence-electron chi connectivity index (χ3n) is 4.97. The largest absolute Gasteiger partial charge is 0.382 e. The number of benzene rings is 1. The molecule has 0 bridgehead atoms. The van der Waals surface area contributed by atoms with Gasteiger partial charge in [0.2, 0.25) is 11.8 Å². The summed E-state index contributed by atoms with van der Waals surface area (Å²) in [6.45, 7) is 2.26. The van der Waals surface area contributed by atoms with Crippen molar-refractivity contribution >= 4 is 46.6 Å². The topological polar surface area (TPSA) is 119 Å². The summed E-state index contributed by atoms with van der Waals surface area (Å²) in [4.78, 5) is 38.9. The lowest BCUT2D eigenvalue weighted by atomic mass is 9.93. The number of likely N-dealkylation sites (tertiary alicyclic amines) is 1. The maximum atomic E-state index is 13.1. The molecule has 0 aromatic heterocycles. The third kappa shape index (κ3) is 5.82. The van der Waals surface area contributed by atoms with Crippen molar-refractivity contribution in [1.82, 2.24) is 10.4 Å². The molecule has 1 aliphatic heterocycles. The molecule has 0 saturated carbocycles. The highest BCUT2D eigenvalue weighted by Crippen LogP contribution is 2.28. The SMILES string of the molecule is CCCCC(C(=O)N1CCCC1C(=O)Nc1ccc(Cl)c(Cl)c1)C(O)C(=O)NO. The van der Waals surface area contributed by atoms with Crippen molar-refractivity contribution in [3.05, 3.63) is 28.2 Å². The smallest absolute Gasteiger partial charge is 0.272 e. The molecule has 3 unspecified atom stereocenters. The summed E-state index contributed by atoms with van der Waals surface area (Å²) in [5.74, 6) is -2.96. The molecule has 0 aliphatic carbocycles. The Bertz CT molecular complexity index is 761. The summed E-state index contributed by atoms with van der Waals surface area (Å²) in [6, 6.07) is 3.95. The number of hydroxylamine groups is 1. The summed E-state index contributed by atoms with van der Waals surface area (Å²) in [6.07, 6.45) is 1.02. The summed E-state index contributed by atoms with van der Waals surface area (Å²) in [5, 5.41) is 22.4. The fraction of sp³-hybridized carbons (Fsp3) is 0.526. The van der Waals surface area contributed by atoms with Crippen LogP contribution in [0.1, 0.15) is 39.0 Å². The number of halogens is 2. The average molecular weight is 446 g/mol. The molecular formula is C19H25Cl2N3O5. The Balaban J connectivity index is 2.15. The van der Waals surface area contributed by atoms with Crippen LogP contribution in [-0.4, -0.2) is 51.6 Å². The summed E-state index contributed by atoms with van der Waals surface area (Å²) < 4.78 is 0. The van der Waals surface area contributed by atoms with Gasteiger partial charge in [-0.3, -0.25) is 19.6 Å². The van der Waals surface area contributed by atoms with Gasteiger partial charge in [-0.2, -0.15) is 0 Å². The van der Waals surface area contributed by atoms with Gasteiger partial charge in [-0.05, 0) is 37.5 Å². The van der Waals surface area contributed by atoms with E-state index in [9.17, 15) is 19.5 Å². The number of nitrogens with zero attached hydrogens (tertiary/aromatic N) is 1. The molecule has 0 radical (unpaired) electrons. The van der Waals surface area contributed by atoms with Gasteiger partial charge in [0.15, 0.2) is 0 Å². The van der Waals surface area contributed by atoms with Crippen LogP contribution in [0.5, 0.6) is 0 Å². The molecule has 10 heteroatoms. The molecule has 0 spiro atoms. The number of hydrogen-bond acceptors (Lipinski definition) is 5. The van der Waals surface area contributed by atoms with Gasteiger partial charge in [-0.1, -0.05) is 43.0 Å². The predicted octanol–water partition coefficient (Wildman–Crippen LogP) is 2.60. The van der Waals surface area contributed by atoms with Crippen LogP contribution in [0.3, 0.4) is 0 Å². The first-order valence-electron chi connectivity index (χ1n) is 9.48. The lowest BCUT2D eigenvalue weighted by Gasteiger charge is -2.30. The number of carbonyl (C=O) groups excluding carboxylic acids is 3. The lowest BCUT2D eigenvalue weighted by Crippen LogP contribution is -2.50. The van der Waals surface area contributed by atoms with Crippen molar-refractivity contribution in [1.29, 1.82) is 0 Å². The second-order valence-electron chi connectivity index (χ2n) is 6.98. The minimum atomic E-state index is -1.70. The minimum absolute atomic E-state index is 0.265. The van der Waals surface area contributed by atoms with Crippen LogP contribution in [0, 0.1) is 5.92 Å². The second kappa shape index (κ2) is 10.8. The number of carbonyl (C=O) groups is 3. The van der Waals surface area contributed by atoms with Crippen LogP contribution in [-0.2, 0) is 14.4 Å². The van der Waals surface area contributed by atoms with E-state index in [-0.39, 0.29) is 12.3 Å². The van der Waals surface area contributed by atoms with E-state index in [2.05, 4.69) is 5.32 Å². The van der Waals surface area contributed by atoms with Gasteiger partial charge in [-0.25, -0.2) is 5.48 Å². The quantitative estimate of drug-likeness (QED) is 0.362. The molecule has 1 heterocycles. The van der Waals surface area contributed by atoms with Gasteiger partial charge in [0, 0.05) is 12.2 Å². The molecule has 1 aliphatic rings. The molecule has 1 aromatic rings. The Labute approximate surface area is 179 Å². The number of rotatable bonds is 8. The highest BCUT2D eigenvalue weighted by Gasteiger charge is 2.41. The van der Waals surface area contributed by atoms with Crippen LogP contribution in [0.25, 0.3) is 0 Å². The Morgan fingerprint density at radius 3 is 2.62 bits per heavy atom. The van der Waals surface area contributed by atoms with Gasteiger partial charge in [-0.15, -0.1) is 0 Å². The molecule has 1 saturated heterocycles. The van der Waals surface area contributed by atoms with E-state index in [1.165, 1.54) is 16.4 Å². The van der Waals surface area contributed by atoms with Gasteiger partial charge in [0.25, 0.3) is 5.91 Å². The fourth-order valence-corrected chi connectivity index (χ4v) is 3.70. The van der Waals surface area contributed by atoms with Crippen molar-refractivity contribution < 1.29 is 24.7 Å². The second-order valence-corrected chi connectivity index (χ2v) is 7.79. The molecule has 4 N–H and O–H groups in total. The van der Waals surface area contributed by atoms with Crippen molar-refractivity contribution in [2.45, 2.75) is 51.2 Å². The highest BCUT2D eigenvalue weighted by atomic mass is 35.5. The highest BCUT2D eigenvalue weighted by molar-refractivity contribution is 6.42. The number of amides is 3. The van der Waals surface area contributed by atoms with Gasteiger partial charge >= 0.3 is 0 Å². The van der Waals surface area contributed by atoms with Crippen LogP contribution in [0.15, 0.2) is 18.2 Å². The molecule has 160 valence electrons. The molecule has 3 atom stereocenters. The van der Waals surface area contributed by atoms with E-state index in [1.807, 2.05) is 6.92 Å². The fourth-order valence-electron chi connectivity index (χ4n) is 3.40. The van der Waals surface area contributed by atoms with Crippen molar-refractivity contribution in [2.75, 3.05) is 11.9 Å². The lowest BCUT2D eigenvalue weighted by molar-refractivity contribution is -0.152. The molecule has 2 rings (SSSR count). The van der Waals surface area contributed by atoms with E-state index in [0.29, 0.717) is 41.5 Å². The number of unbranched alkanes of at least 4 members (excludes halogenated alkanes) is 1. The van der Waals surface area contributed by atoms with Crippen molar-refractivity contribution in [2.24, 2.45) is 5.92 Å². The van der Waals surface area contributed by atoms with Crippen molar-refractivity contribution in [3.63, 3.8) is 0 Å². The predicted molar refractivity (Wildman–Crippen MR) is 109 cm³/mol. The number of aliphatic hydroxyl groups excluding tert-OH is 1. The summed E-state index contributed by atoms with van der Waals surface area (Å²) >= 11 is 11.9. The number of aliphatic hydroxyl groups is 1. The van der Waals surface area contributed by atoms with Crippen LogP contribution < -0.4 is 10.8 Å². The number of anilines is 1. The Morgan fingerprint density at radius 1 is 1.28 bits per heavy atom. The first kappa shape index (κ1) is 23.4. The molecule has 1 fully saturated rings. The minimum Gasteiger partial charge on any atom is -0.382 e. The maximum absolute atomic E-state index is 13.1. The zero-order chi connectivity index (χ0) is 21.6. The first-order valence-corrected chi connectivity index (χ1v) is 10.2. The number of nitrogens with one attached hydrogen (secondary N) is 2. The Hall–Kier alpha value is -1.87. The van der Waals surface area contributed by atoms with E-state index >= 15 is 0 Å². The monoisotopic (exact) mass is 445 g/mol. The summed E-state index contributed by atoms with van der Waals surface area (Å²) in [5.41, 5.74) is 1.83. The number of hydrogen-bond donors (Lipinski definition) is 4. The zero-order valence-electron chi connectivity index (χ0n) is 16.0. The van der Waals surface area contributed by atoms with Crippen LogP contribution >= 0.6 is 23.2 Å². The maximum Gasteiger partial charge on any atom is 0.272 e. The molecule has 8 nitrogen and oxygen atoms in total. The van der Waals surface area contributed by atoms with Crippen molar-refractivity contribution in [3.8, 4) is 0 Å². The van der Waals surface area contributed by atoms with Gasteiger partial charge in [0.05, 0.1) is 16.0 Å². The Morgan fingerprint density at radius 2 is 2.00 bits per heavy atom. The normalized spacial score (nSPS) is 18.2. The van der Waals surface area contributed by atoms with E-state index < -0.39 is 29.9 Å². The first-order chi connectivity index (χ1) is 13.8. The van der Waals surface area contributed by atoms with E-state index in [1.54, 1.807) is 12.1 Å². The molecule has 3 amide bonds. The van der Waals surface area contributed by atoms with E-state index in [0.717, 1.165) is 6.42 Å². The van der Waals surface area contributed by atoms with Gasteiger partial charge in [0.1, 0.15) is 12.1 Å². The van der Waals surface area contributed by atoms with Crippen LogP contribution in [0.2, 0.25) is 10.0 Å². The standard InChI is InChI=1S/C19H25Cl2N3O5/c1-2-3-5-12(16(25)18(27)23-29)19(28)24-9-4-6-15(24)17(26)22-11-7-8-13(20)14(21)10-11/h7-8,10,12,15-16,25,29H,2-6,9H2,1H3,(H,22,26)(H,23,27). The Kier molecular flexibility index (Phi) is 8.70. The molecular weight excluding hydrogens is 421 g/mol.